The van der Waals surface area contributed by atoms with Crippen LogP contribution in [0.4, 0.5) is 0 Å². The van der Waals surface area contributed by atoms with E-state index in [0.717, 1.165) is 0 Å². The molecule has 1 heterocycles. The van der Waals surface area contributed by atoms with Gasteiger partial charge in [0.2, 0.25) is 0 Å². The first-order valence-corrected chi connectivity index (χ1v) is 4.89. The van der Waals surface area contributed by atoms with E-state index in [1.807, 2.05) is 0 Å². The first-order valence-electron chi connectivity index (χ1n) is 4.14. The van der Waals surface area contributed by atoms with Crippen molar-refractivity contribution in [3.05, 3.63) is 28.0 Å². The van der Waals surface area contributed by atoms with E-state index < -0.39 is 5.97 Å². The molecule has 0 aromatic carbocycles. The van der Waals surface area contributed by atoms with Crippen LogP contribution in [0.15, 0.2) is 12.3 Å². The number of hydrogen-bond donors (Lipinski definition) is 0. The Morgan fingerprint density at radius 1 is 1.60 bits per heavy atom. The van der Waals surface area contributed by atoms with E-state index in [1.54, 1.807) is 13.0 Å². The Balaban J connectivity index is 2.93. The van der Waals surface area contributed by atoms with Gasteiger partial charge in [-0.3, -0.25) is 0 Å². The zero-order chi connectivity index (χ0) is 11.3. The van der Waals surface area contributed by atoms with Gasteiger partial charge in [0, 0.05) is 12.1 Å². The Labute approximate surface area is 97.4 Å². The minimum Gasteiger partial charge on any atom is -0.456 e. The molecule has 0 saturated heterocycles. The number of carbonyl (C=O) groups is 1. The van der Waals surface area contributed by atoms with Crippen molar-refractivity contribution in [2.45, 2.75) is 6.92 Å². The predicted molar refractivity (Wildman–Crippen MR) is 57.8 cm³/mol. The van der Waals surface area contributed by atoms with Crippen LogP contribution in [-0.2, 0) is 9.53 Å². The minimum absolute atomic E-state index is 0.166. The van der Waals surface area contributed by atoms with Crippen LogP contribution in [0.1, 0.15) is 12.5 Å². The Morgan fingerprint density at radius 3 is 2.93 bits per heavy atom. The molecule has 5 heteroatoms. The molecule has 0 fully saturated rings. The molecule has 0 aliphatic heterocycles. The average Bonchev–Trinajstić information content (AvgIpc) is 2.17. The van der Waals surface area contributed by atoms with Crippen molar-refractivity contribution in [2.24, 2.45) is 0 Å². The molecule has 1 aromatic heterocycles. The largest absolute Gasteiger partial charge is 0.456 e. The van der Waals surface area contributed by atoms with Gasteiger partial charge >= 0.3 is 5.97 Å². The molecule has 3 nitrogen and oxygen atoms in total. The molecule has 1 rings (SSSR count). The van der Waals surface area contributed by atoms with Gasteiger partial charge in [0.05, 0.1) is 17.2 Å². The molecule has 0 spiro atoms. The van der Waals surface area contributed by atoms with Crippen LogP contribution in [0.25, 0.3) is 0 Å². The molecule has 0 saturated carbocycles. The third-order valence-corrected chi connectivity index (χ3v) is 2.02. The summed E-state index contributed by atoms with van der Waals surface area (Å²) in [6, 6.07) is 1.54. The number of carbonyl (C=O) groups excluding carboxylic acids is 1. The van der Waals surface area contributed by atoms with Gasteiger partial charge in [0.15, 0.2) is 0 Å². The molecule has 1 aromatic rings. The summed E-state index contributed by atoms with van der Waals surface area (Å²) in [5, 5.41) is 0.520. The summed E-state index contributed by atoms with van der Waals surface area (Å²) in [6.45, 7) is 1.98. The first-order chi connectivity index (χ1) is 7.15. The third kappa shape index (κ3) is 3.43. The first kappa shape index (κ1) is 11.8. The van der Waals surface area contributed by atoms with Crippen molar-refractivity contribution in [2.75, 3.05) is 6.61 Å². The highest BCUT2D eigenvalue weighted by Gasteiger charge is 2.03. The van der Waals surface area contributed by atoms with Gasteiger partial charge in [-0.15, -0.1) is 0 Å². The SMILES string of the molecule is CCOC(=O)C#Cc1c(Cl)ccnc1Cl. The molecule has 0 aliphatic carbocycles. The summed E-state index contributed by atoms with van der Waals surface area (Å²) in [7, 11) is 0. The third-order valence-electron chi connectivity index (χ3n) is 1.42. The summed E-state index contributed by atoms with van der Waals surface area (Å²) in [6.07, 6.45) is 1.46. The maximum Gasteiger partial charge on any atom is 0.384 e. The standard InChI is InChI=1S/C10H7Cl2NO2/c1-2-15-9(14)4-3-7-8(11)5-6-13-10(7)12/h5-6H,2H2,1H3. The maximum absolute atomic E-state index is 10.9. The van der Waals surface area contributed by atoms with Gasteiger partial charge < -0.3 is 4.74 Å². The minimum atomic E-state index is -0.617. The second-order valence-electron chi connectivity index (χ2n) is 2.43. The fourth-order valence-corrected chi connectivity index (χ4v) is 1.25. The van der Waals surface area contributed by atoms with E-state index >= 15 is 0 Å². The molecule has 0 atom stereocenters. The van der Waals surface area contributed by atoms with Gasteiger partial charge in [-0.05, 0) is 13.0 Å². The second kappa shape index (κ2) is 5.59. The normalized spacial score (nSPS) is 9.00. The van der Waals surface area contributed by atoms with Crippen molar-refractivity contribution in [3.63, 3.8) is 0 Å². The number of pyridine rings is 1. The van der Waals surface area contributed by atoms with E-state index in [4.69, 9.17) is 23.2 Å². The Kier molecular flexibility index (Phi) is 4.41. The number of esters is 1. The fourth-order valence-electron chi connectivity index (χ4n) is 0.807. The smallest absolute Gasteiger partial charge is 0.384 e. The van der Waals surface area contributed by atoms with Crippen molar-refractivity contribution in [1.29, 1.82) is 0 Å². The van der Waals surface area contributed by atoms with Crippen LogP contribution in [0, 0.1) is 11.8 Å². The van der Waals surface area contributed by atoms with E-state index in [9.17, 15) is 4.79 Å². The summed E-state index contributed by atoms with van der Waals surface area (Å²) in [5.74, 6) is 4.16. The van der Waals surface area contributed by atoms with E-state index in [2.05, 4.69) is 21.6 Å². The lowest BCUT2D eigenvalue weighted by molar-refractivity contribution is -0.136. The number of hydrogen-bond acceptors (Lipinski definition) is 3. The van der Waals surface area contributed by atoms with Crippen molar-refractivity contribution >= 4 is 29.2 Å². The summed E-state index contributed by atoms with van der Waals surface area (Å²) in [5.41, 5.74) is 0.328. The van der Waals surface area contributed by atoms with Gasteiger partial charge in [-0.25, -0.2) is 9.78 Å². The Hall–Kier alpha value is -1.24. The van der Waals surface area contributed by atoms with Gasteiger partial charge in [-0.1, -0.05) is 29.1 Å². The molecule has 78 valence electrons. The maximum atomic E-state index is 10.9. The molecule has 0 bridgehead atoms. The zero-order valence-electron chi connectivity index (χ0n) is 7.88. The molecule has 0 unspecified atom stereocenters. The highest BCUT2D eigenvalue weighted by molar-refractivity contribution is 6.35. The summed E-state index contributed by atoms with van der Waals surface area (Å²) in [4.78, 5) is 14.7. The van der Waals surface area contributed by atoms with Gasteiger partial charge in [0.25, 0.3) is 0 Å². The molecule has 0 amide bonds. The summed E-state index contributed by atoms with van der Waals surface area (Å²) < 4.78 is 4.62. The predicted octanol–water partition coefficient (Wildman–Crippen LogP) is 2.30. The van der Waals surface area contributed by atoms with Crippen molar-refractivity contribution in [3.8, 4) is 11.8 Å². The van der Waals surface area contributed by atoms with Crippen molar-refractivity contribution < 1.29 is 9.53 Å². The van der Waals surface area contributed by atoms with E-state index in [1.165, 1.54) is 6.20 Å². The Morgan fingerprint density at radius 2 is 2.33 bits per heavy atom. The number of aromatic nitrogens is 1. The number of rotatable bonds is 1. The molecule has 0 aliphatic rings. The van der Waals surface area contributed by atoms with Crippen LogP contribution in [0.2, 0.25) is 10.2 Å². The average molecular weight is 244 g/mol. The summed E-state index contributed by atoms with van der Waals surface area (Å²) >= 11 is 11.6. The zero-order valence-corrected chi connectivity index (χ0v) is 9.39. The lowest BCUT2D eigenvalue weighted by Gasteiger charge is -1.96. The topological polar surface area (TPSA) is 39.2 Å². The van der Waals surface area contributed by atoms with Gasteiger partial charge in [-0.2, -0.15) is 0 Å². The molecule has 0 N–H and O–H groups in total. The molecular weight excluding hydrogens is 237 g/mol. The highest BCUT2D eigenvalue weighted by atomic mass is 35.5. The van der Waals surface area contributed by atoms with Gasteiger partial charge in [0.1, 0.15) is 5.15 Å². The fraction of sp³-hybridized carbons (Fsp3) is 0.200. The van der Waals surface area contributed by atoms with Crippen LogP contribution in [-0.4, -0.2) is 17.6 Å². The van der Waals surface area contributed by atoms with Crippen LogP contribution in [0.3, 0.4) is 0 Å². The molecule has 15 heavy (non-hydrogen) atoms. The number of ether oxygens (including phenoxy) is 1. The molecular formula is C10H7Cl2NO2. The van der Waals surface area contributed by atoms with Crippen LogP contribution in [0.5, 0.6) is 0 Å². The van der Waals surface area contributed by atoms with Crippen molar-refractivity contribution in [1.82, 2.24) is 4.98 Å². The highest BCUT2D eigenvalue weighted by Crippen LogP contribution is 2.20. The van der Waals surface area contributed by atoms with E-state index in [-0.39, 0.29) is 11.8 Å². The quantitative estimate of drug-likeness (QED) is 0.432. The molecule has 0 radical (unpaired) electrons. The lowest BCUT2D eigenvalue weighted by atomic mass is 10.3. The van der Waals surface area contributed by atoms with E-state index in [0.29, 0.717) is 10.6 Å². The lowest BCUT2D eigenvalue weighted by Crippen LogP contribution is -1.99. The van der Waals surface area contributed by atoms with Crippen LogP contribution < -0.4 is 0 Å². The monoisotopic (exact) mass is 243 g/mol. The van der Waals surface area contributed by atoms with Crippen LogP contribution >= 0.6 is 23.2 Å². The Bertz CT molecular complexity index is 415. The number of nitrogens with zero attached hydrogens (tertiary/aromatic N) is 1. The number of halogens is 2. The second-order valence-corrected chi connectivity index (χ2v) is 3.19.